The fourth-order valence-electron chi connectivity index (χ4n) is 2.97. The van der Waals surface area contributed by atoms with E-state index in [2.05, 4.69) is 20.3 Å². The van der Waals surface area contributed by atoms with Crippen LogP contribution < -0.4 is 5.32 Å². The van der Waals surface area contributed by atoms with E-state index in [0.29, 0.717) is 17.3 Å². The SMILES string of the molecule is Cc1ccc2nc(C)c(-c3nccc(Nc4ccc(C(F)(F)F)cc4)n3)n2c1. The second kappa shape index (κ2) is 6.63. The molecule has 0 amide bonds. The van der Waals surface area contributed by atoms with Gasteiger partial charge in [0.05, 0.1) is 11.3 Å². The molecule has 0 spiro atoms. The molecule has 0 bridgehead atoms. The molecule has 3 heterocycles. The average molecular weight is 383 g/mol. The highest BCUT2D eigenvalue weighted by molar-refractivity contribution is 5.64. The van der Waals surface area contributed by atoms with Crippen LogP contribution in [0.4, 0.5) is 24.7 Å². The van der Waals surface area contributed by atoms with Crippen LogP contribution in [0, 0.1) is 13.8 Å². The van der Waals surface area contributed by atoms with Crippen molar-refractivity contribution in [3.63, 3.8) is 0 Å². The zero-order valence-electron chi connectivity index (χ0n) is 15.1. The number of hydrogen-bond donors (Lipinski definition) is 1. The van der Waals surface area contributed by atoms with Crippen molar-refractivity contribution in [1.29, 1.82) is 0 Å². The lowest BCUT2D eigenvalue weighted by Crippen LogP contribution is -2.04. The van der Waals surface area contributed by atoms with Crippen LogP contribution in [0.5, 0.6) is 0 Å². The molecule has 0 aliphatic carbocycles. The zero-order chi connectivity index (χ0) is 19.9. The molecule has 0 aliphatic heterocycles. The first kappa shape index (κ1) is 18.0. The number of nitrogens with one attached hydrogen (secondary N) is 1. The fraction of sp³-hybridized carbons (Fsp3) is 0.150. The highest BCUT2D eigenvalue weighted by atomic mass is 19.4. The molecule has 0 atom stereocenters. The summed E-state index contributed by atoms with van der Waals surface area (Å²) in [5, 5.41) is 3.02. The third-order valence-corrected chi connectivity index (χ3v) is 4.29. The van der Waals surface area contributed by atoms with Crippen molar-refractivity contribution >= 4 is 17.2 Å². The minimum Gasteiger partial charge on any atom is -0.340 e. The number of imidazole rings is 1. The predicted octanol–water partition coefficient (Wildman–Crippen LogP) is 5.17. The first-order valence-electron chi connectivity index (χ1n) is 8.54. The maximum absolute atomic E-state index is 12.7. The molecule has 4 aromatic rings. The van der Waals surface area contributed by atoms with Gasteiger partial charge in [-0.2, -0.15) is 13.2 Å². The Hall–Kier alpha value is -3.42. The number of rotatable bonds is 3. The van der Waals surface area contributed by atoms with E-state index < -0.39 is 11.7 Å². The molecule has 142 valence electrons. The van der Waals surface area contributed by atoms with E-state index in [1.54, 1.807) is 12.3 Å². The lowest BCUT2D eigenvalue weighted by Gasteiger charge is -2.10. The smallest absolute Gasteiger partial charge is 0.340 e. The Balaban J connectivity index is 1.67. The summed E-state index contributed by atoms with van der Waals surface area (Å²) in [5.41, 5.74) is 3.24. The van der Waals surface area contributed by atoms with Crippen LogP contribution in [0.2, 0.25) is 0 Å². The number of nitrogens with zero attached hydrogens (tertiary/aromatic N) is 4. The molecule has 28 heavy (non-hydrogen) atoms. The van der Waals surface area contributed by atoms with Crippen molar-refractivity contribution in [3.8, 4) is 11.5 Å². The monoisotopic (exact) mass is 383 g/mol. The molecule has 0 aliphatic rings. The Morgan fingerprint density at radius 3 is 2.39 bits per heavy atom. The number of anilines is 2. The summed E-state index contributed by atoms with van der Waals surface area (Å²) >= 11 is 0. The number of hydrogen-bond acceptors (Lipinski definition) is 4. The van der Waals surface area contributed by atoms with Gasteiger partial charge in [-0.05, 0) is 55.8 Å². The van der Waals surface area contributed by atoms with Crippen molar-refractivity contribution in [2.45, 2.75) is 20.0 Å². The number of halogens is 3. The van der Waals surface area contributed by atoms with Gasteiger partial charge in [-0.25, -0.2) is 15.0 Å². The van der Waals surface area contributed by atoms with Gasteiger partial charge in [-0.1, -0.05) is 6.07 Å². The lowest BCUT2D eigenvalue weighted by atomic mass is 10.2. The van der Waals surface area contributed by atoms with Gasteiger partial charge in [0, 0.05) is 18.1 Å². The number of pyridine rings is 1. The molecule has 5 nitrogen and oxygen atoms in total. The normalized spacial score (nSPS) is 11.8. The fourth-order valence-corrected chi connectivity index (χ4v) is 2.97. The minimum atomic E-state index is -4.36. The van der Waals surface area contributed by atoms with E-state index in [-0.39, 0.29) is 0 Å². The maximum Gasteiger partial charge on any atom is 0.416 e. The molecule has 0 radical (unpaired) electrons. The van der Waals surface area contributed by atoms with Gasteiger partial charge >= 0.3 is 6.18 Å². The number of alkyl halides is 3. The number of aromatic nitrogens is 4. The highest BCUT2D eigenvalue weighted by Crippen LogP contribution is 2.30. The van der Waals surface area contributed by atoms with E-state index >= 15 is 0 Å². The summed E-state index contributed by atoms with van der Waals surface area (Å²) in [5.74, 6) is 0.958. The van der Waals surface area contributed by atoms with Gasteiger partial charge in [0.25, 0.3) is 0 Å². The van der Waals surface area contributed by atoms with Crippen molar-refractivity contribution in [2.75, 3.05) is 5.32 Å². The standard InChI is InChI=1S/C20H16F3N5/c1-12-3-8-17-25-13(2)18(28(17)11-12)19-24-10-9-16(27-19)26-15-6-4-14(5-7-15)20(21,22)23/h3-11H,1-2H3,(H,24,26,27). The summed E-state index contributed by atoms with van der Waals surface area (Å²) in [7, 11) is 0. The quantitative estimate of drug-likeness (QED) is 0.530. The maximum atomic E-state index is 12.7. The Morgan fingerprint density at radius 1 is 0.929 bits per heavy atom. The molecule has 1 N–H and O–H groups in total. The van der Waals surface area contributed by atoms with Gasteiger partial charge < -0.3 is 5.32 Å². The third-order valence-electron chi connectivity index (χ3n) is 4.29. The van der Waals surface area contributed by atoms with Crippen LogP contribution in [0.1, 0.15) is 16.8 Å². The highest BCUT2D eigenvalue weighted by Gasteiger charge is 2.29. The second-order valence-corrected chi connectivity index (χ2v) is 6.45. The van der Waals surface area contributed by atoms with Crippen LogP contribution in [0.3, 0.4) is 0 Å². The summed E-state index contributed by atoms with van der Waals surface area (Å²) in [6, 6.07) is 10.4. The Labute approximate surface area is 158 Å². The minimum absolute atomic E-state index is 0.478. The molecule has 4 rings (SSSR count). The Kier molecular flexibility index (Phi) is 4.26. The number of fused-ring (bicyclic) bond motifs is 1. The van der Waals surface area contributed by atoms with Gasteiger partial charge in [0.1, 0.15) is 17.2 Å². The summed E-state index contributed by atoms with van der Waals surface area (Å²) in [6.45, 7) is 3.87. The average Bonchev–Trinajstić information content (AvgIpc) is 2.96. The largest absolute Gasteiger partial charge is 0.416 e. The molecular weight excluding hydrogens is 367 g/mol. The van der Waals surface area contributed by atoms with Gasteiger partial charge in [0.2, 0.25) is 0 Å². The van der Waals surface area contributed by atoms with Crippen LogP contribution >= 0.6 is 0 Å². The van der Waals surface area contributed by atoms with Gasteiger partial charge in [-0.3, -0.25) is 4.40 Å². The number of aryl methyl sites for hydroxylation is 2. The number of benzene rings is 1. The van der Waals surface area contributed by atoms with Crippen LogP contribution in [-0.4, -0.2) is 19.4 Å². The second-order valence-electron chi connectivity index (χ2n) is 6.45. The molecule has 0 unspecified atom stereocenters. The van der Waals surface area contributed by atoms with Crippen LogP contribution in [0.15, 0.2) is 54.9 Å². The lowest BCUT2D eigenvalue weighted by molar-refractivity contribution is -0.137. The Bertz CT molecular complexity index is 1150. The first-order valence-corrected chi connectivity index (χ1v) is 8.54. The summed E-state index contributed by atoms with van der Waals surface area (Å²) < 4.78 is 40.0. The summed E-state index contributed by atoms with van der Waals surface area (Å²) in [4.78, 5) is 13.4. The van der Waals surface area contributed by atoms with E-state index in [1.165, 1.54) is 12.1 Å². The van der Waals surface area contributed by atoms with Gasteiger partial charge in [-0.15, -0.1) is 0 Å². The van der Waals surface area contributed by atoms with Crippen molar-refractivity contribution < 1.29 is 13.2 Å². The molecule has 0 fully saturated rings. The van der Waals surface area contributed by atoms with E-state index in [0.717, 1.165) is 34.7 Å². The van der Waals surface area contributed by atoms with E-state index in [9.17, 15) is 13.2 Å². The van der Waals surface area contributed by atoms with E-state index in [4.69, 9.17) is 0 Å². The molecular formula is C20H16F3N5. The van der Waals surface area contributed by atoms with Gasteiger partial charge in [0.15, 0.2) is 5.82 Å². The topological polar surface area (TPSA) is 55.1 Å². The van der Waals surface area contributed by atoms with Crippen molar-refractivity contribution in [1.82, 2.24) is 19.4 Å². The third kappa shape index (κ3) is 3.40. The van der Waals surface area contributed by atoms with Crippen LogP contribution in [0.25, 0.3) is 17.2 Å². The Morgan fingerprint density at radius 2 is 1.68 bits per heavy atom. The zero-order valence-corrected chi connectivity index (χ0v) is 15.1. The molecule has 8 heteroatoms. The molecule has 3 aromatic heterocycles. The predicted molar refractivity (Wildman–Crippen MR) is 100 cm³/mol. The molecule has 0 saturated carbocycles. The van der Waals surface area contributed by atoms with Crippen molar-refractivity contribution in [3.05, 3.63) is 71.7 Å². The molecule has 1 aromatic carbocycles. The van der Waals surface area contributed by atoms with Crippen LogP contribution in [-0.2, 0) is 6.18 Å². The molecule has 0 saturated heterocycles. The first-order chi connectivity index (χ1) is 13.3. The van der Waals surface area contributed by atoms with Crippen molar-refractivity contribution in [2.24, 2.45) is 0 Å². The summed E-state index contributed by atoms with van der Waals surface area (Å²) in [6.07, 6.45) is -0.799. The van der Waals surface area contributed by atoms with E-state index in [1.807, 2.05) is 36.6 Å².